The number of likely N-dealkylation sites (tertiary alicyclic amines) is 1. The van der Waals surface area contributed by atoms with Crippen LogP contribution in [-0.4, -0.2) is 40.7 Å². The lowest BCUT2D eigenvalue weighted by Gasteiger charge is -2.32. The lowest BCUT2D eigenvalue weighted by molar-refractivity contribution is 0.0747. The quantitative estimate of drug-likeness (QED) is 0.404. The Labute approximate surface area is 201 Å². The van der Waals surface area contributed by atoms with E-state index in [9.17, 15) is 4.79 Å². The average Bonchev–Trinajstić information content (AvgIpc) is 3.22. The van der Waals surface area contributed by atoms with Crippen molar-refractivity contribution in [2.45, 2.75) is 52.4 Å². The second kappa shape index (κ2) is 11.1. The maximum atomic E-state index is 12.3. The molecule has 0 spiro atoms. The summed E-state index contributed by atoms with van der Waals surface area (Å²) >= 11 is 6.00. The molecule has 1 aliphatic rings. The summed E-state index contributed by atoms with van der Waals surface area (Å²) in [4.78, 5) is 22.6. The van der Waals surface area contributed by atoms with Gasteiger partial charge in [0.15, 0.2) is 0 Å². The first-order chi connectivity index (χ1) is 16.0. The van der Waals surface area contributed by atoms with E-state index in [1.165, 1.54) is 17.5 Å². The lowest BCUT2D eigenvalue weighted by atomic mass is 9.92. The van der Waals surface area contributed by atoms with Crippen LogP contribution in [0, 0.1) is 11.8 Å². The molecule has 0 aliphatic carbocycles. The maximum Gasteiger partial charge on any atom is 0.409 e. The molecule has 1 fully saturated rings. The van der Waals surface area contributed by atoms with E-state index in [4.69, 9.17) is 21.3 Å². The SMILES string of the molecule is CC(C)COC(=O)N1CCCC(CCCc2cccc3[nH]c(Cc4ccc(Cl)cc4)nc23)C1. The Balaban J connectivity index is 1.32. The molecule has 1 aliphatic heterocycles. The summed E-state index contributed by atoms with van der Waals surface area (Å²) in [5, 5.41) is 0.749. The molecule has 4 rings (SSSR count). The van der Waals surface area contributed by atoms with Gasteiger partial charge in [-0.25, -0.2) is 9.78 Å². The third kappa shape index (κ3) is 6.50. The molecule has 0 radical (unpaired) electrons. The summed E-state index contributed by atoms with van der Waals surface area (Å²) in [7, 11) is 0. The van der Waals surface area contributed by atoms with Crippen LogP contribution in [0.5, 0.6) is 0 Å². The minimum absolute atomic E-state index is 0.150. The third-order valence-corrected chi connectivity index (χ3v) is 6.56. The number of hydrogen-bond acceptors (Lipinski definition) is 3. The van der Waals surface area contributed by atoms with E-state index < -0.39 is 0 Å². The normalized spacial score (nSPS) is 16.5. The Morgan fingerprint density at radius 1 is 1.24 bits per heavy atom. The van der Waals surface area contributed by atoms with E-state index in [1.807, 2.05) is 29.2 Å². The number of para-hydroxylation sites is 1. The number of aryl methyl sites for hydroxylation is 1. The van der Waals surface area contributed by atoms with Gasteiger partial charge in [-0.05, 0) is 73.3 Å². The Morgan fingerprint density at radius 3 is 2.85 bits per heavy atom. The van der Waals surface area contributed by atoms with Crippen molar-refractivity contribution >= 4 is 28.7 Å². The van der Waals surface area contributed by atoms with E-state index in [0.717, 1.165) is 67.1 Å². The highest BCUT2D eigenvalue weighted by molar-refractivity contribution is 6.30. The fourth-order valence-electron chi connectivity index (χ4n) is 4.60. The molecule has 0 bridgehead atoms. The lowest BCUT2D eigenvalue weighted by Crippen LogP contribution is -2.40. The van der Waals surface area contributed by atoms with Gasteiger partial charge < -0.3 is 14.6 Å². The Kier molecular flexibility index (Phi) is 7.92. The molecule has 2 aromatic carbocycles. The third-order valence-electron chi connectivity index (χ3n) is 6.31. The fourth-order valence-corrected chi connectivity index (χ4v) is 4.73. The van der Waals surface area contributed by atoms with Crippen LogP contribution in [0.25, 0.3) is 11.0 Å². The first kappa shape index (κ1) is 23.6. The van der Waals surface area contributed by atoms with Gasteiger partial charge in [-0.3, -0.25) is 0 Å². The molecule has 33 heavy (non-hydrogen) atoms. The second-order valence-electron chi connectivity index (χ2n) is 9.62. The number of nitrogens with zero attached hydrogens (tertiary/aromatic N) is 2. The van der Waals surface area contributed by atoms with Crippen molar-refractivity contribution in [2.75, 3.05) is 19.7 Å². The van der Waals surface area contributed by atoms with Crippen LogP contribution < -0.4 is 0 Å². The highest BCUT2D eigenvalue weighted by Gasteiger charge is 2.24. The van der Waals surface area contributed by atoms with Gasteiger partial charge in [0, 0.05) is 24.5 Å². The van der Waals surface area contributed by atoms with Crippen molar-refractivity contribution in [3.05, 3.63) is 64.4 Å². The van der Waals surface area contributed by atoms with Gasteiger partial charge in [0.1, 0.15) is 5.82 Å². The molecule has 1 N–H and O–H groups in total. The number of aromatic nitrogens is 2. The van der Waals surface area contributed by atoms with E-state index in [0.29, 0.717) is 18.4 Å². The van der Waals surface area contributed by atoms with Gasteiger partial charge in [0.2, 0.25) is 0 Å². The number of amides is 1. The predicted molar refractivity (Wildman–Crippen MR) is 134 cm³/mol. The number of imidazole rings is 1. The fraction of sp³-hybridized carbons (Fsp3) is 0.481. The van der Waals surface area contributed by atoms with Crippen molar-refractivity contribution in [3.8, 4) is 0 Å². The van der Waals surface area contributed by atoms with Crippen LogP contribution in [0.15, 0.2) is 42.5 Å². The number of aromatic amines is 1. The van der Waals surface area contributed by atoms with Gasteiger partial charge in [-0.1, -0.05) is 49.7 Å². The van der Waals surface area contributed by atoms with Crippen LogP contribution in [-0.2, 0) is 17.6 Å². The Bertz CT molecular complexity index is 1060. The van der Waals surface area contributed by atoms with Crippen molar-refractivity contribution in [3.63, 3.8) is 0 Å². The summed E-state index contributed by atoms with van der Waals surface area (Å²) in [5.74, 6) is 1.89. The Morgan fingerprint density at radius 2 is 2.06 bits per heavy atom. The van der Waals surface area contributed by atoms with Crippen molar-refractivity contribution in [1.29, 1.82) is 0 Å². The molecule has 1 unspecified atom stereocenters. The number of fused-ring (bicyclic) bond motifs is 1. The van der Waals surface area contributed by atoms with E-state index in [2.05, 4.69) is 37.0 Å². The highest BCUT2D eigenvalue weighted by atomic mass is 35.5. The second-order valence-corrected chi connectivity index (χ2v) is 10.1. The molecular formula is C27H34ClN3O2. The molecule has 0 saturated carbocycles. The van der Waals surface area contributed by atoms with Gasteiger partial charge in [0.25, 0.3) is 0 Å². The van der Waals surface area contributed by atoms with Gasteiger partial charge in [-0.15, -0.1) is 0 Å². The zero-order valence-corrected chi connectivity index (χ0v) is 20.4. The monoisotopic (exact) mass is 467 g/mol. The smallest absolute Gasteiger partial charge is 0.409 e. The van der Waals surface area contributed by atoms with Crippen molar-refractivity contribution in [1.82, 2.24) is 14.9 Å². The van der Waals surface area contributed by atoms with Gasteiger partial charge >= 0.3 is 6.09 Å². The molecule has 3 aromatic rings. The number of piperidine rings is 1. The molecular weight excluding hydrogens is 434 g/mol. The van der Waals surface area contributed by atoms with Crippen LogP contribution in [0.3, 0.4) is 0 Å². The number of H-pyrrole nitrogens is 1. The molecule has 1 saturated heterocycles. The van der Waals surface area contributed by atoms with E-state index in [-0.39, 0.29) is 6.09 Å². The largest absolute Gasteiger partial charge is 0.449 e. The van der Waals surface area contributed by atoms with Crippen molar-refractivity contribution < 1.29 is 9.53 Å². The Hall–Kier alpha value is -2.53. The maximum absolute atomic E-state index is 12.3. The predicted octanol–water partition coefficient (Wildman–Crippen LogP) is 6.63. The van der Waals surface area contributed by atoms with Crippen molar-refractivity contribution in [2.24, 2.45) is 11.8 Å². The summed E-state index contributed by atoms with van der Waals surface area (Å²) in [6.45, 7) is 6.25. The molecule has 5 nitrogen and oxygen atoms in total. The van der Waals surface area contributed by atoms with Crippen LogP contribution in [0.2, 0.25) is 5.02 Å². The molecule has 1 amide bonds. The highest BCUT2D eigenvalue weighted by Crippen LogP contribution is 2.25. The molecule has 2 heterocycles. The number of benzene rings is 2. The average molecular weight is 468 g/mol. The number of halogens is 1. The number of nitrogens with one attached hydrogen (secondary N) is 1. The first-order valence-corrected chi connectivity index (χ1v) is 12.5. The molecule has 1 atom stereocenters. The number of hydrogen-bond donors (Lipinski definition) is 1. The zero-order chi connectivity index (χ0) is 23.2. The summed E-state index contributed by atoms with van der Waals surface area (Å²) in [5.41, 5.74) is 4.64. The number of rotatable bonds is 8. The summed E-state index contributed by atoms with van der Waals surface area (Å²) in [6, 6.07) is 14.3. The zero-order valence-electron chi connectivity index (χ0n) is 19.6. The minimum atomic E-state index is -0.150. The van der Waals surface area contributed by atoms with Gasteiger partial charge in [0.05, 0.1) is 17.6 Å². The number of carbonyl (C=O) groups is 1. The number of carbonyl (C=O) groups excluding carboxylic acids is 1. The number of ether oxygens (including phenoxy) is 1. The topological polar surface area (TPSA) is 58.2 Å². The summed E-state index contributed by atoms with van der Waals surface area (Å²) < 4.78 is 5.43. The molecule has 1 aromatic heterocycles. The standard InChI is InChI=1S/C27H34ClN3O2/c1-19(2)18-33-27(32)31-15-5-7-21(17-31)6-3-8-22-9-4-10-24-26(22)30-25(29-24)16-20-11-13-23(28)14-12-20/h4,9-14,19,21H,3,5-8,15-18H2,1-2H3,(H,29,30). The van der Waals surface area contributed by atoms with Crippen LogP contribution in [0.1, 0.15) is 56.5 Å². The minimum Gasteiger partial charge on any atom is -0.449 e. The molecule has 176 valence electrons. The van der Waals surface area contributed by atoms with Gasteiger partial charge in [-0.2, -0.15) is 0 Å². The summed E-state index contributed by atoms with van der Waals surface area (Å²) in [6.07, 6.45) is 6.07. The first-order valence-electron chi connectivity index (χ1n) is 12.1. The van der Waals surface area contributed by atoms with Crippen LogP contribution >= 0.6 is 11.6 Å². The van der Waals surface area contributed by atoms with E-state index >= 15 is 0 Å². The van der Waals surface area contributed by atoms with E-state index in [1.54, 1.807) is 0 Å². The van der Waals surface area contributed by atoms with Crippen LogP contribution in [0.4, 0.5) is 4.79 Å². The molecule has 6 heteroatoms.